The summed E-state index contributed by atoms with van der Waals surface area (Å²) in [5.41, 5.74) is 7.78. The maximum absolute atomic E-state index is 12.7. The molecule has 1 unspecified atom stereocenters. The summed E-state index contributed by atoms with van der Waals surface area (Å²) in [5, 5.41) is 17.6. The number of carbonyl (C=O) groups excluding carboxylic acids is 1. The van der Waals surface area contributed by atoms with Crippen molar-refractivity contribution >= 4 is 17.8 Å². The SMILES string of the molecule is NC(=O)c1c(-c2ccc(Oc3ccccc3)cc2)nn2c1NCCC2C1CCN(CC2CCN(C(=O)O)CC2)CC1. The molecule has 3 aliphatic heterocycles. The van der Waals surface area contributed by atoms with E-state index < -0.39 is 12.0 Å². The highest BCUT2D eigenvalue weighted by Crippen LogP contribution is 2.40. The average molecular weight is 559 g/mol. The van der Waals surface area contributed by atoms with Crippen molar-refractivity contribution in [3.05, 3.63) is 60.2 Å². The minimum atomic E-state index is -0.805. The molecule has 1 aromatic heterocycles. The van der Waals surface area contributed by atoms with Gasteiger partial charge in [-0.25, -0.2) is 9.48 Å². The quantitative estimate of drug-likeness (QED) is 0.377. The second-order valence-electron chi connectivity index (χ2n) is 11.5. The maximum Gasteiger partial charge on any atom is 0.407 e. The van der Waals surface area contributed by atoms with Crippen molar-refractivity contribution in [3.8, 4) is 22.8 Å². The van der Waals surface area contributed by atoms with Gasteiger partial charge in [-0.05, 0) is 93.4 Å². The predicted octanol–water partition coefficient (Wildman–Crippen LogP) is 4.90. The number of hydrogen-bond donors (Lipinski definition) is 3. The topological polar surface area (TPSA) is 126 Å². The molecule has 10 heteroatoms. The van der Waals surface area contributed by atoms with Crippen LogP contribution in [-0.2, 0) is 0 Å². The Morgan fingerprint density at radius 2 is 1.61 bits per heavy atom. The van der Waals surface area contributed by atoms with Crippen LogP contribution in [0.15, 0.2) is 54.6 Å². The number of hydrogen-bond acceptors (Lipinski definition) is 6. The first-order valence-electron chi connectivity index (χ1n) is 14.7. The monoisotopic (exact) mass is 558 g/mol. The predicted molar refractivity (Wildman–Crippen MR) is 156 cm³/mol. The van der Waals surface area contributed by atoms with Crippen LogP contribution in [0.2, 0.25) is 0 Å². The van der Waals surface area contributed by atoms with Gasteiger partial charge in [0.05, 0.1) is 6.04 Å². The van der Waals surface area contributed by atoms with Crippen molar-refractivity contribution in [2.24, 2.45) is 17.6 Å². The van der Waals surface area contributed by atoms with Gasteiger partial charge in [0.2, 0.25) is 0 Å². The van der Waals surface area contributed by atoms with Crippen molar-refractivity contribution in [1.29, 1.82) is 0 Å². The Hall–Kier alpha value is -4.05. The molecular formula is C31H38N6O4. The average Bonchev–Trinajstić information content (AvgIpc) is 3.39. The number of anilines is 1. The summed E-state index contributed by atoms with van der Waals surface area (Å²) in [4.78, 5) is 28.0. The van der Waals surface area contributed by atoms with E-state index in [2.05, 4.69) is 10.2 Å². The number of nitrogens with zero attached hydrogens (tertiary/aromatic N) is 4. The molecule has 0 radical (unpaired) electrons. The number of aromatic nitrogens is 2. The highest BCUT2D eigenvalue weighted by Gasteiger charge is 2.36. The summed E-state index contributed by atoms with van der Waals surface area (Å²) in [7, 11) is 0. The lowest BCUT2D eigenvalue weighted by Crippen LogP contribution is -2.44. The zero-order chi connectivity index (χ0) is 28.3. The number of fused-ring (bicyclic) bond motifs is 1. The number of primary amides is 1. The van der Waals surface area contributed by atoms with Crippen LogP contribution in [-0.4, -0.2) is 76.0 Å². The Morgan fingerprint density at radius 3 is 2.27 bits per heavy atom. The lowest BCUT2D eigenvalue weighted by Gasteiger charge is -2.40. The first-order chi connectivity index (χ1) is 20.0. The highest BCUT2D eigenvalue weighted by molar-refractivity contribution is 6.03. The van der Waals surface area contributed by atoms with Gasteiger partial charge in [0.1, 0.15) is 28.6 Å². The van der Waals surface area contributed by atoms with E-state index in [9.17, 15) is 14.7 Å². The van der Waals surface area contributed by atoms with Gasteiger partial charge in [-0.2, -0.15) is 5.10 Å². The molecule has 2 fully saturated rings. The van der Waals surface area contributed by atoms with Crippen molar-refractivity contribution in [2.75, 3.05) is 44.6 Å². The number of carboxylic acid groups (broad SMARTS) is 1. The fourth-order valence-corrected chi connectivity index (χ4v) is 6.67. The largest absolute Gasteiger partial charge is 0.465 e. The van der Waals surface area contributed by atoms with Gasteiger partial charge in [0, 0.05) is 31.7 Å². The normalized spacial score (nSPS) is 20.3. The summed E-state index contributed by atoms with van der Waals surface area (Å²) in [6.45, 7) is 5.16. The molecule has 6 rings (SSSR count). The molecule has 3 aliphatic rings. The van der Waals surface area contributed by atoms with E-state index in [0.717, 1.165) is 75.4 Å². The zero-order valence-corrected chi connectivity index (χ0v) is 23.2. The smallest absolute Gasteiger partial charge is 0.407 e. The van der Waals surface area contributed by atoms with Crippen LogP contribution in [0, 0.1) is 11.8 Å². The Bertz CT molecular complexity index is 1360. The van der Waals surface area contributed by atoms with Crippen molar-refractivity contribution in [1.82, 2.24) is 19.6 Å². The van der Waals surface area contributed by atoms with Crippen LogP contribution in [0.1, 0.15) is 48.5 Å². The molecule has 4 N–H and O–H groups in total. The standard InChI is InChI=1S/C31H38N6O4/c32-29(38)27-28(23-6-8-25(9-7-23)41-24-4-2-1-3-5-24)34-37-26(10-15-33-30(27)37)22-13-16-35(17-14-22)20-21-11-18-36(19-12-21)31(39)40/h1-9,21-22,26,33H,10-20H2,(H2,32,38)(H,39,40). The summed E-state index contributed by atoms with van der Waals surface area (Å²) in [6, 6.07) is 17.4. The van der Waals surface area contributed by atoms with E-state index in [1.807, 2.05) is 59.3 Å². The minimum absolute atomic E-state index is 0.208. The molecule has 2 aromatic carbocycles. The summed E-state index contributed by atoms with van der Waals surface area (Å²) < 4.78 is 7.96. The fraction of sp³-hybridized carbons (Fsp3) is 0.452. The highest BCUT2D eigenvalue weighted by atomic mass is 16.5. The number of piperidine rings is 2. The van der Waals surface area contributed by atoms with Gasteiger partial charge < -0.3 is 30.7 Å². The number of amides is 2. The molecule has 10 nitrogen and oxygen atoms in total. The van der Waals surface area contributed by atoms with Crippen molar-refractivity contribution in [2.45, 2.75) is 38.1 Å². The molecule has 2 amide bonds. The molecule has 216 valence electrons. The van der Waals surface area contributed by atoms with Gasteiger partial charge in [-0.3, -0.25) is 4.79 Å². The summed E-state index contributed by atoms with van der Waals surface area (Å²) in [5.74, 6) is 2.74. The van der Waals surface area contributed by atoms with Gasteiger partial charge in [0.25, 0.3) is 5.91 Å². The van der Waals surface area contributed by atoms with Gasteiger partial charge in [-0.15, -0.1) is 0 Å². The molecule has 0 aliphatic carbocycles. The number of ether oxygens (including phenoxy) is 1. The molecule has 0 spiro atoms. The fourth-order valence-electron chi connectivity index (χ4n) is 6.67. The maximum atomic E-state index is 12.7. The summed E-state index contributed by atoms with van der Waals surface area (Å²) >= 11 is 0. The number of carbonyl (C=O) groups is 2. The lowest BCUT2D eigenvalue weighted by molar-refractivity contribution is 0.0935. The van der Waals surface area contributed by atoms with Crippen LogP contribution in [0.25, 0.3) is 11.3 Å². The Labute approximate surface area is 240 Å². The molecule has 3 aromatic rings. The third-order valence-electron chi connectivity index (χ3n) is 8.89. The number of para-hydroxylation sites is 1. The van der Waals surface area contributed by atoms with E-state index in [-0.39, 0.29) is 6.04 Å². The third kappa shape index (κ3) is 5.88. The van der Waals surface area contributed by atoms with E-state index >= 15 is 0 Å². The molecule has 0 bridgehead atoms. The number of likely N-dealkylation sites (tertiary alicyclic amines) is 2. The molecule has 1 atom stereocenters. The van der Waals surface area contributed by atoms with Crippen LogP contribution < -0.4 is 15.8 Å². The molecule has 2 saturated heterocycles. The second kappa shape index (κ2) is 11.8. The van der Waals surface area contributed by atoms with Crippen molar-refractivity contribution < 1.29 is 19.4 Å². The molecule has 4 heterocycles. The number of rotatable bonds is 7. The number of benzene rings is 2. The molecular weight excluding hydrogens is 520 g/mol. The first-order valence-corrected chi connectivity index (χ1v) is 14.7. The molecule has 41 heavy (non-hydrogen) atoms. The van der Waals surface area contributed by atoms with Crippen LogP contribution in [0.3, 0.4) is 0 Å². The summed E-state index contributed by atoms with van der Waals surface area (Å²) in [6.07, 6.45) is 4.18. The Kier molecular flexibility index (Phi) is 7.82. The van der Waals surface area contributed by atoms with Crippen LogP contribution in [0.4, 0.5) is 10.6 Å². The lowest BCUT2D eigenvalue weighted by atomic mass is 9.86. The van der Waals surface area contributed by atoms with Crippen molar-refractivity contribution in [3.63, 3.8) is 0 Å². The van der Waals surface area contributed by atoms with E-state index in [4.69, 9.17) is 15.6 Å². The Balaban J connectivity index is 1.14. The minimum Gasteiger partial charge on any atom is -0.465 e. The third-order valence-corrected chi connectivity index (χ3v) is 8.89. The zero-order valence-electron chi connectivity index (χ0n) is 23.2. The Morgan fingerprint density at radius 1 is 0.927 bits per heavy atom. The second-order valence-corrected chi connectivity index (χ2v) is 11.5. The first kappa shape index (κ1) is 27.1. The van der Waals surface area contributed by atoms with Gasteiger partial charge >= 0.3 is 6.09 Å². The molecule has 0 saturated carbocycles. The van der Waals surface area contributed by atoms with E-state index in [1.54, 1.807) is 0 Å². The number of nitrogens with two attached hydrogens (primary N) is 1. The van der Waals surface area contributed by atoms with Crippen LogP contribution >= 0.6 is 0 Å². The van der Waals surface area contributed by atoms with Gasteiger partial charge in [-0.1, -0.05) is 18.2 Å². The van der Waals surface area contributed by atoms with E-state index in [0.29, 0.717) is 41.9 Å². The van der Waals surface area contributed by atoms with Crippen LogP contribution in [0.5, 0.6) is 11.5 Å². The number of nitrogens with one attached hydrogen (secondary N) is 1. The van der Waals surface area contributed by atoms with E-state index in [1.165, 1.54) is 4.90 Å². The van der Waals surface area contributed by atoms with Gasteiger partial charge in [0.15, 0.2) is 0 Å².